The van der Waals surface area contributed by atoms with Crippen molar-refractivity contribution in [3.8, 4) is 5.69 Å². The second-order valence-corrected chi connectivity index (χ2v) is 6.47. The SMILES string of the molecule is O=c1n(CN2CCN(c3ccccn3)CC2)nnn1-c1ccccc1Cl. The van der Waals surface area contributed by atoms with Gasteiger partial charge in [-0.3, -0.25) is 4.90 Å². The van der Waals surface area contributed by atoms with Crippen molar-refractivity contribution in [3.05, 3.63) is 64.2 Å². The smallest absolute Gasteiger partial charge is 0.354 e. The molecule has 1 aliphatic rings. The number of pyridine rings is 1. The third kappa shape index (κ3) is 3.33. The lowest BCUT2D eigenvalue weighted by Gasteiger charge is -2.34. The van der Waals surface area contributed by atoms with Gasteiger partial charge in [0.25, 0.3) is 0 Å². The average Bonchev–Trinajstić information content (AvgIpc) is 3.04. The molecule has 26 heavy (non-hydrogen) atoms. The molecule has 1 aliphatic heterocycles. The van der Waals surface area contributed by atoms with Gasteiger partial charge in [-0.05, 0) is 34.7 Å². The zero-order chi connectivity index (χ0) is 17.9. The van der Waals surface area contributed by atoms with E-state index >= 15 is 0 Å². The molecule has 4 rings (SSSR count). The molecule has 0 atom stereocenters. The summed E-state index contributed by atoms with van der Waals surface area (Å²) in [5.41, 5.74) is 0.232. The first-order valence-electron chi connectivity index (χ1n) is 8.38. The number of rotatable bonds is 4. The highest BCUT2D eigenvalue weighted by atomic mass is 35.5. The molecule has 1 aromatic carbocycles. The molecule has 2 aromatic heterocycles. The lowest BCUT2D eigenvalue weighted by atomic mass is 10.3. The zero-order valence-corrected chi connectivity index (χ0v) is 14.8. The normalized spacial score (nSPS) is 15.3. The molecule has 0 spiro atoms. The van der Waals surface area contributed by atoms with Gasteiger partial charge in [0.15, 0.2) is 0 Å². The molecular weight excluding hydrogens is 354 g/mol. The summed E-state index contributed by atoms with van der Waals surface area (Å²) in [7, 11) is 0. The lowest BCUT2D eigenvalue weighted by molar-refractivity contribution is 0.191. The topological polar surface area (TPSA) is 72.1 Å². The number of halogens is 1. The van der Waals surface area contributed by atoms with E-state index in [4.69, 9.17) is 11.6 Å². The van der Waals surface area contributed by atoms with Crippen LogP contribution in [0.5, 0.6) is 0 Å². The van der Waals surface area contributed by atoms with Gasteiger partial charge in [-0.1, -0.05) is 29.8 Å². The van der Waals surface area contributed by atoms with Gasteiger partial charge in [-0.25, -0.2) is 9.78 Å². The number of hydrogen-bond acceptors (Lipinski definition) is 6. The van der Waals surface area contributed by atoms with E-state index < -0.39 is 0 Å². The van der Waals surface area contributed by atoms with Crippen LogP contribution in [0.3, 0.4) is 0 Å². The number of para-hydroxylation sites is 1. The quantitative estimate of drug-likeness (QED) is 0.687. The molecule has 0 unspecified atom stereocenters. The second kappa shape index (κ2) is 7.27. The molecule has 0 amide bonds. The van der Waals surface area contributed by atoms with Crippen molar-refractivity contribution in [1.82, 2.24) is 29.7 Å². The van der Waals surface area contributed by atoms with Gasteiger partial charge < -0.3 is 4.90 Å². The van der Waals surface area contributed by atoms with Crippen molar-refractivity contribution in [2.24, 2.45) is 0 Å². The Kier molecular flexibility index (Phi) is 4.68. The minimum absolute atomic E-state index is 0.301. The number of anilines is 1. The minimum atomic E-state index is -0.301. The molecule has 8 nitrogen and oxygen atoms in total. The second-order valence-electron chi connectivity index (χ2n) is 6.06. The van der Waals surface area contributed by atoms with Gasteiger partial charge in [0.2, 0.25) is 0 Å². The van der Waals surface area contributed by atoms with E-state index in [0.29, 0.717) is 17.4 Å². The molecule has 0 N–H and O–H groups in total. The van der Waals surface area contributed by atoms with Gasteiger partial charge in [0.1, 0.15) is 12.5 Å². The maximum Gasteiger partial charge on any atom is 0.369 e. The number of piperazine rings is 1. The third-order valence-corrected chi connectivity index (χ3v) is 4.72. The van der Waals surface area contributed by atoms with E-state index in [0.717, 1.165) is 32.0 Å². The Labute approximate surface area is 155 Å². The average molecular weight is 372 g/mol. The minimum Gasteiger partial charge on any atom is -0.354 e. The van der Waals surface area contributed by atoms with Crippen molar-refractivity contribution in [2.45, 2.75) is 6.67 Å². The molecule has 0 saturated carbocycles. The Hall–Kier alpha value is -2.71. The van der Waals surface area contributed by atoms with Crippen molar-refractivity contribution in [3.63, 3.8) is 0 Å². The Morgan fingerprint density at radius 1 is 0.962 bits per heavy atom. The first-order chi connectivity index (χ1) is 12.7. The lowest BCUT2D eigenvalue weighted by Crippen LogP contribution is -2.48. The fourth-order valence-electron chi connectivity index (χ4n) is 2.99. The standard InChI is InChI=1S/C17H18ClN7O/c18-14-5-1-2-6-15(14)25-17(26)24(20-21-25)13-22-9-11-23(12-10-22)16-7-3-4-8-19-16/h1-8H,9-13H2. The summed E-state index contributed by atoms with van der Waals surface area (Å²) in [6.07, 6.45) is 1.80. The van der Waals surface area contributed by atoms with Crippen molar-refractivity contribution in [2.75, 3.05) is 31.1 Å². The molecule has 3 aromatic rings. The Morgan fingerprint density at radius 2 is 1.73 bits per heavy atom. The Bertz CT molecular complexity index is 932. The predicted molar refractivity (Wildman–Crippen MR) is 98.7 cm³/mol. The van der Waals surface area contributed by atoms with Crippen LogP contribution in [0.2, 0.25) is 5.02 Å². The summed E-state index contributed by atoms with van der Waals surface area (Å²) in [4.78, 5) is 21.4. The molecule has 134 valence electrons. The van der Waals surface area contributed by atoms with Gasteiger partial charge in [0.05, 0.1) is 10.7 Å². The van der Waals surface area contributed by atoms with Crippen LogP contribution >= 0.6 is 11.6 Å². The third-order valence-electron chi connectivity index (χ3n) is 4.40. The first-order valence-corrected chi connectivity index (χ1v) is 8.76. The van der Waals surface area contributed by atoms with E-state index in [1.165, 1.54) is 9.36 Å². The van der Waals surface area contributed by atoms with Gasteiger partial charge in [0, 0.05) is 32.4 Å². The number of tetrazole rings is 1. The van der Waals surface area contributed by atoms with Crippen LogP contribution in [0.1, 0.15) is 0 Å². The van der Waals surface area contributed by atoms with Crippen LogP contribution in [0.4, 0.5) is 5.82 Å². The van der Waals surface area contributed by atoms with Crippen molar-refractivity contribution in [1.29, 1.82) is 0 Å². The van der Waals surface area contributed by atoms with E-state index in [2.05, 4.69) is 25.2 Å². The highest BCUT2D eigenvalue weighted by molar-refractivity contribution is 6.32. The Balaban J connectivity index is 1.43. The van der Waals surface area contributed by atoms with E-state index in [1.54, 1.807) is 18.3 Å². The molecule has 0 radical (unpaired) electrons. The summed E-state index contributed by atoms with van der Waals surface area (Å²) in [6, 6.07) is 13.0. The fraction of sp³-hybridized carbons (Fsp3) is 0.294. The number of benzene rings is 1. The highest BCUT2D eigenvalue weighted by Crippen LogP contribution is 2.17. The summed E-state index contributed by atoms with van der Waals surface area (Å²) in [5.74, 6) is 0.981. The molecule has 9 heteroatoms. The summed E-state index contributed by atoms with van der Waals surface area (Å²) in [6.45, 7) is 3.75. The van der Waals surface area contributed by atoms with E-state index in [9.17, 15) is 4.79 Å². The molecule has 1 fully saturated rings. The van der Waals surface area contributed by atoms with Crippen molar-refractivity contribution >= 4 is 17.4 Å². The van der Waals surface area contributed by atoms with Gasteiger partial charge >= 0.3 is 5.69 Å². The largest absolute Gasteiger partial charge is 0.369 e. The van der Waals surface area contributed by atoms with Crippen LogP contribution in [0.25, 0.3) is 5.69 Å². The zero-order valence-electron chi connectivity index (χ0n) is 14.1. The van der Waals surface area contributed by atoms with Gasteiger partial charge in [-0.2, -0.15) is 9.36 Å². The van der Waals surface area contributed by atoms with Crippen LogP contribution in [0.15, 0.2) is 53.5 Å². The molecule has 3 heterocycles. The maximum atomic E-state index is 12.6. The Morgan fingerprint density at radius 3 is 2.46 bits per heavy atom. The summed E-state index contributed by atoms with van der Waals surface area (Å²) in [5, 5.41) is 8.42. The molecular formula is C17H18ClN7O. The monoisotopic (exact) mass is 371 g/mol. The number of hydrogen-bond donors (Lipinski definition) is 0. The predicted octanol–water partition coefficient (Wildman–Crippen LogP) is 1.26. The summed E-state index contributed by atoms with van der Waals surface area (Å²) >= 11 is 6.15. The first kappa shape index (κ1) is 16.7. The van der Waals surface area contributed by atoms with E-state index in [-0.39, 0.29) is 5.69 Å². The van der Waals surface area contributed by atoms with E-state index in [1.807, 2.05) is 30.3 Å². The van der Waals surface area contributed by atoms with Crippen LogP contribution in [-0.4, -0.2) is 55.9 Å². The van der Waals surface area contributed by atoms with Crippen LogP contribution in [-0.2, 0) is 6.67 Å². The maximum absolute atomic E-state index is 12.6. The number of aromatic nitrogens is 5. The van der Waals surface area contributed by atoms with Crippen LogP contribution < -0.4 is 10.6 Å². The number of nitrogens with zero attached hydrogens (tertiary/aromatic N) is 7. The molecule has 1 saturated heterocycles. The highest BCUT2D eigenvalue weighted by Gasteiger charge is 2.20. The van der Waals surface area contributed by atoms with Crippen LogP contribution in [0, 0.1) is 0 Å². The van der Waals surface area contributed by atoms with Crippen molar-refractivity contribution < 1.29 is 0 Å². The summed E-state index contributed by atoms with van der Waals surface area (Å²) < 4.78 is 2.59. The molecule has 0 aliphatic carbocycles. The van der Waals surface area contributed by atoms with Gasteiger partial charge in [-0.15, -0.1) is 0 Å². The fourth-order valence-corrected chi connectivity index (χ4v) is 3.20. The molecule has 0 bridgehead atoms.